The lowest BCUT2D eigenvalue weighted by atomic mass is 10.1. The summed E-state index contributed by atoms with van der Waals surface area (Å²) in [6.07, 6.45) is 3.58. The molecule has 0 fully saturated rings. The Balaban J connectivity index is 2.13. The van der Waals surface area contributed by atoms with E-state index < -0.39 is 0 Å². The molecule has 2 aromatic rings. The molecule has 2 rings (SSSR count). The fraction of sp³-hybridized carbons (Fsp3) is 0.333. The van der Waals surface area contributed by atoms with Gasteiger partial charge < -0.3 is 11.1 Å². The Kier molecular flexibility index (Phi) is 4.47. The van der Waals surface area contributed by atoms with Crippen LogP contribution in [-0.2, 0) is 0 Å². The average Bonchev–Trinajstić information content (AvgIpc) is 2.44. The maximum Gasteiger partial charge on any atom is 0.270 e. The molecule has 0 saturated heterocycles. The highest BCUT2D eigenvalue weighted by atomic mass is 16.1. The van der Waals surface area contributed by atoms with E-state index in [9.17, 15) is 4.79 Å². The Hall–Kier alpha value is -1.94. The van der Waals surface area contributed by atoms with Gasteiger partial charge in [0.05, 0.1) is 0 Å². The minimum absolute atomic E-state index is 0.00364. The van der Waals surface area contributed by atoms with Crippen molar-refractivity contribution >= 4 is 16.7 Å². The standard InChI is InChI=1S/C15H19N3O/c1-2-5-12(16)10-18-15(19)14-13-7-4-3-6-11(13)8-9-17-14/h3-4,6-9,12H,2,5,10,16H2,1H3,(H,18,19). The topological polar surface area (TPSA) is 68.0 Å². The summed E-state index contributed by atoms with van der Waals surface area (Å²) < 4.78 is 0. The molecule has 1 unspecified atom stereocenters. The van der Waals surface area contributed by atoms with E-state index in [1.807, 2.05) is 30.3 Å². The van der Waals surface area contributed by atoms with Crippen molar-refractivity contribution in [2.24, 2.45) is 5.73 Å². The Morgan fingerprint density at radius 3 is 2.95 bits per heavy atom. The van der Waals surface area contributed by atoms with Crippen molar-refractivity contribution in [3.8, 4) is 0 Å². The van der Waals surface area contributed by atoms with Crippen molar-refractivity contribution in [3.63, 3.8) is 0 Å². The summed E-state index contributed by atoms with van der Waals surface area (Å²) in [4.78, 5) is 16.3. The van der Waals surface area contributed by atoms with Crippen molar-refractivity contribution in [3.05, 3.63) is 42.2 Å². The van der Waals surface area contributed by atoms with Crippen LogP contribution in [0.3, 0.4) is 0 Å². The van der Waals surface area contributed by atoms with Gasteiger partial charge in [-0.1, -0.05) is 37.6 Å². The van der Waals surface area contributed by atoms with E-state index in [-0.39, 0.29) is 11.9 Å². The van der Waals surface area contributed by atoms with Crippen molar-refractivity contribution in [2.45, 2.75) is 25.8 Å². The maximum absolute atomic E-state index is 12.1. The van der Waals surface area contributed by atoms with Crippen LogP contribution < -0.4 is 11.1 Å². The first-order valence-electron chi connectivity index (χ1n) is 6.60. The second kappa shape index (κ2) is 6.29. The summed E-state index contributed by atoms with van der Waals surface area (Å²) in [7, 11) is 0. The number of nitrogens with zero attached hydrogens (tertiary/aromatic N) is 1. The van der Waals surface area contributed by atoms with Crippen LogP contribution in [0.15, 0.2) is 36.5 Å². The van der Waals surface area contributed by atoms with E-state index in [2.05, 4.69) is 17.2 Å². The second-order valence-electron chi connectivity index (χ2n) is 4.64. The zero-order valence-corrected chi connectivity index (χ0v) is 11.1. The predicted octanol–water partition coefficient (Wildman–Crippen LogP) is 2.09. The van der Waals surface area contributed by atoms with Gasteiger partial charge >= 0.3 is 0 Å². The molecule has 3 N–H and O–H groups in total. The van der Waals surface area contributed by atoms with Gasteiger partial charge in [0.15, 0.2) is 0 Å². The number of amides is 1. The summed E-state index contributed by atoms with van der Waals surface area (Å²) >= 11 is 0. The summed E-state index contributed by atoms with van der Waals surface area (Å²) in [5, 5.41) is 4.73. The van der Waals surface area contributed by atoms with Crippen LogP contribution in [0.1, 0.15) is 30.3 Å². The van der Waals surface area contributed by atoms with Gasteiger partial charge in [0.1, 0.15) is 5.69 Å². The number of hydrogen-bond acceptors (Lipinski definition) is 3. The smallest absolute Gasteiger partial charge is 0.270 e. The Morgan fingerprint density at radius 2 is 2.16 bits per heavy atom. The number of hydrogen-bond donors (Lipinski definition) is 2. The van der Waals surface area contributed by atoms with E-state index >= 15 is 0 Å². The molecule has 4 nitrogen and oxygen atoms in total. The highest BCUT2D eigenvalue weighted by Gasteiger charge is 2.12. The number of carbonyl (C=O) groups is 1. The van der Waals surface area contributed by atoms with E-state index in [0.717, 1.165) is 23.6 Å². The molecule has 0 aliphatic heterocycles. The van der Waals surface area contributed by atoms with Crippen LogP contribution in [0.5, 0.6) is 0 Å². The number of pyridine rings is 1. The molecule has 0 aliphatic carbocycles. The van der Waals surface area contributed by atoms with Gasteiger partial charge in [0, 0.05) is 24.2 Å². The Bertz CT molecular complexity index is 563. The zero-order valence-electron chi connectivity index (χ0n) is 11.1. The fourth-order valence-electron chi connectivity index (χ4n) is 2.08. The van der Waals surface area contributed by atoms with Gasteiger partial charge in [-0.25, -0.2) is 0 Å². The number of fused-ring (bicyclic) bond motifs is 1. The number of aromatic nitrogens is 1. The molecule has 100 valence electrons. The molecule has 1 heterocycles. The van der Waals surface area contributed by atoms with Gasteiger partial charge in [-0.3, -0.25) is 9.78 Å². The van der Waals surface area contributed by atoms with Gasteiger partial charge in [0.25, 0.3) is 5.91 Å². The monoisotopic (exact) mass is 257 g/mol. The summed E-state index contributed by atoms with van der Waals surface area (Å²) in [6, 6.07) is 9.63. The van der Waals surface area contributed by atoms with Crippen LogP contribution in [0.2, 0.25) is 0 Å². The van der Waals surface area contributed by atoms with E-state index in [4.69, 9.17) is 5.73 Å². The van der Waals surface area contributed by atoms with Crippen molar-refractivity contribution in [1.29, 1.82) is 0 Å². The average molecular weight is 257 g/mol. The third-order valence-corrected chi connectivity index (χ3v) is 3.07. The van der Waals surface area contributed by atoms with Crippen molar-refractivity contribution < 1.29 is 4.79 Å². The molecule has 19 heavy (non-hydrogen) atoms. The third kappa shape index (κ3) is 3.29. The maximum atomic E-state index is 12.1. The molecule has 0 spiro atoms. The number of nitrogens with two attached hydrogens (primary N) is 1. The number of rotatable bonds is 5. The summed E-state index contributed by atoms with van der Waals surface area (Å²) in [5.41, 5.74) is 6.35. The fourth-order valence-corrected chi connectivity index (χ4v) is 2.08. The lowest BCUT2D eigenvalue weighted by molar-refractivity contribution is 0.0947. The third-order valence-electron chi connectivity index (χ3n) is 3.07. The van der Waals surface area contributed by atoms with Crippen molar-refractivity contribution in [2.75, 3.05) is 6.54 Å². The largest absolute Gasteiger partial charge is 0.349 e. The molecule has 1 aromatic carbocycles. The molecule has 0 saturated carbocycles. The van der Waals surface area contributed by atoms with E-state index in [1.165, 1.54) is 0 Å². The minimum atomic E-state index is -0.164. The van der Waals surface area contributed by atoms with Crippen LogP contribution in [0, 0.1) is 0 Å². The highest BCUT2D eigenvalue weighted by Crippen LogP contribution is 2.15. The second-order valence-corrected chi connectivity index (χ2v) is 4.64. The Morgan fingerprint density at radius 1 is 1.37 bits per heavy atom. The molecular formula is C15H19N3O. The normalized spacial score (nSPS) is 12.3. The van der Waals surface area contributed by atoms with Gasteiger partial charge in [0.2, 0.25) is 0 Å². The molecule has 0 aliphatic rings. The first-order chi connectivity index (χ1) is 9.22. The summed E-state index contributed by atoms with van der Waals surface area (Å²) in [6.45, 7) is 2.56. The quantitative estimate of drug-likeness (QED) is 0.861. The number of carbonyl (C=O) groups excluding carboxylic acids is 1. The minimum Gasteiger partial charge on any atom is -0.349 e. The van der Waals surface area contributed by atoms with Gasteiger partial charge in [-0.05, 0) is 17.9 Å². The molecule has 4 heteroatoms. The van der Waals surface area contributed by atoms with Crippen LogP contribution in [0.4, 0.5) is 0 Å². The first-order valence-corrected chi connectivity index (χ1v) is 6.60. The first kappa shape index (κ1) is 13.5. The predicted molar refractivity (Wildman–Crippen MR) is 77.0 cm³/mol. The van der Waals surface area contributed by atoms with Crippen LogP contribution in [0.25, 0.3) is 10.8 Å². The van der Waals surface area contributed by atoms with E-state index in [0.29, 0.717) is 12.2 Å². The lowest BCUT2D eigenvalue weighted by Crippen LogP contribution is -2.37. The highest BCUT2D eigenvalue weighted by molar-refractivity contribution is 6.05. The van der Waals surface area contributed by atoms with Crippen LogP contribution >= 0.6 is 0 Å². The number of benzene rings is 1. The molecule has 1 aromatic heterocycles. The van der Waals surface area contributed by atoms with Gasteiger partial charge in [-0.2, -0.15) is 0 Å². The lowest BCUT2D eigenvalue weighted by Gasteiger charge is -2.12. The molecular weight excluding hydrogens is 238 g/mol. The van der Waals surface area contributed by atoms with Crippen molar-refractivity contribution in [1.82, 2.24) is 10.3 Å². The van der Waals surface area contributed by atoms with Gasteiger partial charge in [-0.15, -0.1) is 0 Å². The zero-order chi connectivity index (χ0) is 13.7. The molecule has 0 bridgehead atoms. The van der Waals surface area contributed by atoms with Crippen LogP contribution in [-0.4, -0.2) is 23.5 Å². The molecule has 1 atom stereocenters. The number of nitrogens with one attached hydrogen (secondary N) is 1. The molecule has 1 amide bonds. The Labute approximate surface area is 113 Å². The SMILES string of the molecule is CCCC(N)CNC(=O)c1nccc2ccccc12. The summed E-state index contributed by atoms with van der Waals surface area (Å²) in [5.74, 6) is -0.164. The molecule has 0 radical (unpaired) electrons. The van der Waals surface area contributed by atoms with E-state index in [1.54, 1.807) is 6.20 Å².